The molecule has 2 heterocycles. The second kappa shape index (κ2) is 9.69. The zero-order valence-electron chi connectivity index (χ0n) is 38.7. The number of rotatable bonds is 3. The highest BCUT2D eigenvalue weighted by molar-refractivity contribution is 6.26. The van der Waals surface area contributed by atoms with E-state index in [1.165, 1.54) is 0 Å². The van der Waals surface area contributed by atoms with Crippen LogP contribution in [0, 0.1) is 0 Å². The van der Waals surface area contributed by atoms with Crippen LogP contribution >= 0.6 is 0 Å². The van der Waals surface area contributed by atoms with Crippen molar-refractivity contribution in [2.45, 2.75) is 0 Å². The second-order valence-corrected chi connectivity index (χ2v) is 10.9. The molecule has 0 saturated heterocycles. The highest BCUT2D eigenvalue weighted by atomic mass is 16.3. The maximum atomic E-state index is 9.56. The van der Waals surface area contributed by atoms with Crippen molar-refractivity contribution in [3.8, 4) is 33.6 Å². The Morgan fingerprint density at radius 1 is 0.391 bits per heavy atom. The number of fused-ring (bicyclic) bond motifs is 7. The molecule has 0 bridgehead atoms. The van der Waals surface area contributed by atoms with Crippen LogP contribution in [0.5, 0.6) is 0 Å². The molecular weight excluding hydrogens is 560 g/mol. The summed E-state index contributed by atoms with van der Waals surface area (Å²) >= 11 is 0. The van der Waals surface area contributed by atoms with Gasteiger partial charge in [-0.2, -0.15) is 0 Å². The summed E-state index contributed by atoms with van der Waals surface area (Å²) in [4.78, 5) is 0. The minimum atomic E-state index is -0.759. The van der Waals surface area contributed by atoms with Crippen LogP contribution in [0.4, 0.5) is 0 Å². The van der Waals surface area contributed by atoms with Crippen molar-refractivity contribution in [2.24, 2.45) is 0 Å². The van der Waals surface area contributed by atoms with Gasteiger partial charge in [-0.05, 0) is 61.6 Å². The summed E-state index contributed by atoms with van der Waals surface area (Å²) < 4.78 is 149. The lowest BCUT2D eigenvalue weighted by molar-refractivity contribution is 0.629. The molecular formula is C44H26O2. The van der Waals surface area contributed by atoms with Crippen LogP contribution in [-0.4, -0.2) is 0 Å². The number of furan rings is 2. The maximum absolute atomic E-state index is 9.56. The van der Waals surface area contributed by atoms with Gasteiger partial charge >= 0.3 is 0 Å². The number of hydrogen-bond acceptors (Lipinski definition) is 2. The van der Waals surface area contributed by atoms with Gasteiger partial charge in [0.05, 0.1) is 20.6 Å². The van der Waals surface area contributed by atoms with Crippen molar-refractivity contribution in [1.82, 2.24) is 0 Å². The number of para-hydroxylation sites is 1. The van der Waals surface area contributed by atoms with E-state index in [0.29, 0.717) is 27.5 Å². The summed E-state index contributed by atoms with van der Waals surface area (Å²) in [6, 6.07) is 9.31. The smallest absolute Gasteiger partial charge is 0.143 e. The zero-order valence-corrected chi connectivity index (χ0v) is 23.7. The predicted octanol–water partition coefficient (Wildman–Crippen LogP) is 12.8. The van der Waals surface area contributed by atoms with Gasteiger partial charge in [0.25, 0.3) is 0 Å². The van der Waals surface area contributed by atoms with E-state index in [1.807, 2.05) is 18.2 Å². The molecule has 0 N–H and O–H groups in total. The molecule has 0 radical (unpaired) electrons. The molecule has 2 aromatic heterocycles. The van der Waals surface area contributed by atoms with Crippen LogP contribution in [0.3, 0.4) is 0 Å². The van der Waals surface area contributed by atoms with Gasteiger partial charge in [-0.15, -0.1) is 0 Å². The molecule has 10 aromatic rings. The lowest BCUT2D eigenvalue weighted by atomic mass is 9.84. The molecule has 0 spiro atoms. The Hall–Kier alpha value is -6.12. The van der Waals surface area contributed by atoms with Crippen molar-refractivity contribution in [1.29, 1.82) is 0 Å². The summed E-state index contributed by atoms with van der Waals surface area (Å²) in [7, 11) is 0. The third-order valence-electron chi connectivity index (χ3n) is 8.35. The summed E-state index contributed by atoms with van der Waals surface area (Å²) in [5.41, 5.74) is 1.12. The van der Waals surface area contributed by atoms with E-state index in [9.17, 15) is 8.22 Å². The van der Waals surface area contributed by atoms with Crippen LogP contribution in [0.2, 0.25) is 0 Å². The topological polar surface area (TPSA) is 26.3 Å². The summed E-state index contributed by atoms with van der Waals surface area (Å²) in [5.74, 6) is 0.195. The van der Waals surface area contributed by atoms with E-state index < -0.39 is 113 Å². The summed E-state index contributed by atoms with van der Waals surface area (Å²) in [6.07, 6.45) is 0. The molecule has 0 aliphatic carbocycles. The Kier molecular flexibility index (Phi) is 3.11. The molecule has 8 aromatic carbocycles. The van der Waals surface area contributed by atoms with Crippen LogP contribution in [-0.2, 0) is 0 Å². The van der Waals surface area contributed by atoms with Gasteiger partial charge in [0, 0.05) is 38.9 Å². The van der Waals surface area contributed by atoms with Crippen molar-refractivity contribution in [2.75, 3.05) is 0 Å². The van der Waals surface area contributed by atoms with E-state index >= 15 is 0 Å². The monoisotopic (exact) mass is 601 g/mol. The number of benzene rings is 8. The highest BCUT2D eigenvalue weighted by Crippen LogP contribution is 2.50. The van der Waals surface area contributed by atoms with Crippen LogP contribution in [0.1, 0.15) is 20.6 Å². The van der Waals surface area contributed by atoms with E-state index in [1.54, 1.807) is 48.5 Å². The fourth-order valence-corrected chi connectivity index (χ4v) is 6.39. The van der Waals surface area contributed by atoms with E-state index in [-0.39, 0.29) is 44.0 Å². The molecule has 0 aliphatic rings. The third kappa shape index (κ3) is 3.65. The van der Waals surface area contributed by atoms with E-state index in [4.69, 9.17) is 21.2 Å². The lowest BCUT2D eigenvalue weighted by Crippen LogP contribution is -1.91. The molecule has 0 unspecified atom stereocenters. The average Bonchev–Trinajstić information content (AvgIpc) is 3.82. The second-order valence-electron chi connectivity index (χ2n) is 10.9. The average molecular weight is 602 g/mol. The van der Waals surface area contributed by atoms with E-state index in [2.05, 4.69) is 0 Å². The predicted molar refractivity (Wildman–Crippen MR) is 192 cm³/mol. The molecule has 0 aliphatic heterocycles. The van der Waals surface area contributed by atoms with Gasteiger partial charge in [-0.1, -0.05) is 133 Å². The molecule has 2 nitrogen and oxygen atoms in total. The fourth-order valence-electron chi connectivity index (χ4n) is 6.39. The van der Waals surface area contributed by atoms with Gasteiger partial charge < -0.3 is 8.83 Å². The zero-order chi connectivity index (χ0) is 43.2. The first-order valence-corrected chi connectivity index (χ1v) is 14.5. The van der Waals surface area contributed by atoms with Crippen molar-refractivity contribution < 1.29 is 29.4 Å². The molecule has 10 rings (SSSR count). The largest absolute Gasteiger partial charge is 0.456 e. The normalized spacial score (nSPS) is 16.5. The van der Waals surface area contributed by atoms with Crippen molar-refractivity contribution in [3.05, 3.63) is 157 Å². The number of hydrogen-bond donors (Lipinski definition) is 0. The van der Waals surface area contributed by atoms with Gasteiger partial charge in [-0.25, -0.2) is 0 Å². The first-order chi connectivity index (χ1) is 29.1. The van der Waals surface area contributed by atoms with Gasteiger partial charge in [0.1, 0.15) is 22.5 Å². The Morgan fingerprint density at radius 3 is 1.78 bits per heavy atom. The minimum Gasteiger partial charge on any atom is -0.456 e. The summed E-state index contributed by atoms with van der Waals surface area (Å²) in [5, 5.41) is -0.204. The van der Waals surface area contributed by atoms with Crippen molar-refractivity contribution >= 4 is 65.2 Å². The molecule has 0 fully saturated rings. The molecule has 214 valence electrons. The quantitative estimate of drug-likeness (QED) is 0.188. The van der Waals surface area contributed by atoms with Gasteiger partial charge in [-0.3, -0.25) is 0 Å². The van der Waals surface area contributed by atoms with Gasteiger partial charge in [0.2, 0.25) is 0 Å². The Balaban J connectivity index is 1.53. The van der Waals surface area contributed by atoms with E-state index in [0.717, 1.165) is 5.39 Å². The van der Waals surface area contributed by atoms with Crippen LogP contribution < -0.4 is 0 Å². The first-order valence-electron chi connectivity index (χ1n) is 22.0. The molecule has 46 heavy (non-hydrogen) atoms. The Bertz CT molecular complexity index is 3570. The fraction of sp³-hybridized carbons (Fsp3) is 0. The van der Waals surface area contributed by atoms with Crippen molar-refractivity contribution in [3.63, 3.8) is 0 Å². The summed E-state index contributed by atoms with van der Waals surface area (Å²) in [6.45, 7) is 0. The Morgan fingerprint density at radius 2 is 1.02 bits per heavy atom. The molecule has 0 saturated carbocycles. The third-order valence-corrected chi connectivity index (χ3v) is 8.35. The van der Waals surface area contributed by atoms with Gasteiger partial charge in [0.15, 0.2) is 0 Å². The highest BCUT2D eigenvalue weighted by Gasteiger charge is 2.25. The molecule has 0 amide bonds. The Labute approximate surface area is 285 Å². The lowest BCUT2D eigenvalue weighted by Gasteiger charge is -2.18. The maximum Gasteiger partial charge on any atom is 0.143 e. The minimum absolute atomic E-state index is 0.0515. The van der Waals surface area contributed by atoms with Crippen LogP contribution in [0.25, 0.3) is 98.8 Å². The standard InChI is InChI=1S/C44H26O2/c1-2-13-28(14-3-1)44-43(37-25-36-31-16-10-11-21-38(31)45-39(36)26-40(37)46-44)42-34-19-8-6-17-32(34)41(33-18-7-9-20-35(33)42)30-23-22-27-12-4-5-15-29(27)24-30/h1-26H/i4D,5D,6D,7D,8D,9D,12D,15D,17D,18D,19D,20D,22D,23D,24D. The SMILES string of the molecule is [2H]c1c([2H])c([2H])c2c([2H])c(-c3c4c([2H])c([2H])c([2H])c([2H])c4c(-c4c(-c5ccccc5)oc5cc6oc7ccccc7c6cc45)c4c([2H])c([2H])c([2H])c([2H])c34)c([2H])c([2H])c2c1[2H]. The first kappa shape index (κ1) is 14.8. The van der Waals surface area contributed by atoms with Crippen LogP contribution in [0.15, 0.2) is 166 Å². The molecule has 0 atom stereocenters. The molecule has 2 heteroatoms.